The number of allylic oxidation sites excluding steroid dienone is 1. The maximum Gasteiger partial charge on any atom is 0.414 e. The number of pyridine rings is 1. The minimum absolute atomic E-state index is 0.0596. The highest BCUT2D eigenvalue weighted by molar-refractivity contribution is 6.30. The van der Waals surface area contributed by atoms with Crippen molar-refractivity contribution >= 4 is 40.4 Å². The van der Waals surface area contributed by atoms with E-state index in [4.69, 9.17) is 20.9 Å². The van der Waals surface area contributed by atoms with Gasteiger partial charge in [0, 0.05) is 33.9 Å². The molecule has 2 aromatic carbocycles. The minimum Gasteiger partial charge on any atom is -0.465 e. The summed E-state index contributed by atoms with van der Waals surface area (Å²) in [6.45, 7) is 8.97. The van der Waals surface area contributed by atoms with E-state index < -0.39 is 23.8 Å². The zero-order valence-corrected chi connectivity index (χ0v) is 23.3. The molecule has 40 heavy (non-hydrogen) atoms. The third kappa shape index (κ3) is 7.18. The molecule has 2 N–H and O–H groups in total. The first-order chi connectivity index (χ1) is 19.0. The second-order valence-electron chi connectivity index (χ2n) is 10.3. The second-order valence-corrected chi connectivity index (χ2v) is 10.7. The fourth-order valence-corrected chi connectivity index (χ4v) is 4.43. The van der Waals surface area contributed by atoms with Crippen molar-refractivity contribution in [1.29, 1.82) is 0 Å². The highest BCUT2D eigenvalue weighted by Crippen LogP contribution is 2.34. The summed E-state index contributed by atoms with van der Waals surface area (Å²) in [4.78, 5) is 30.5. The number of carbonyl (C=O) groups excluding carboxylic acids is 1. The number of nitrogens with zero attached hydrogens (tertiary/aromatic N) is 3. The maximum absolute atomic E-state index is 12.7. The number of fused-ring (bicyclic) bond motifs is 1. The smallest absolute Gasteiger partial charge is 0.414 e. The molecule has 9 nitrogen and oxygen atoms in total. The number of rotatable bonds is 9. The summed E-state index contributed by atoms with van der Waals surface area (Å²) in [5, 5.41) is 19.8. The molecule has 0 unspecified atom stereocenters. The number of nitrogens with one attached hydrogen (secondary N) is 1. The van der Waals surface area contributed by atoms with Crippen molar-refractivity contribution in [3.63, 3.8) is 0 Å². The Kier molecular flexibility index (Phi) is 8.74. The minimum atomic E-state index is -1.26. The summed E-state index contributed by atoms with van der Waals surface area (Å²) in [6, 6.07) is 14.1. The van der Waals surface area contributed by atoms with Gasteiger partial charge in [-0.3, -0.25) is 4.98 Å². The predicted molar refractivity (Wildman–Crippen MR) is 155 cm³/mol. The highest BCUT2D eigenvalue weighted by atomic mass is 35.5. The Labute approximate surface area is 237 Å². The molecular formula is C30H31ClN4O5. The Morgan fingerprint density at radius 3 is 2.60 bits per heavy atom. The van der Waals surface area contributed by atoms with E-state index in [1.54, 1.807) is 51.4 Å². The summed E-state index contributed by atoms with van der Waals surface area (Å²) in [5.74, 6) is 0.0596. The molecule has 0 saturated heterocycles. The van der Waals surface area contributed by atoms with Crippen LogP contribution in [0.25, 0.3) is 22.0 Å². The van der Waals surface area contributed by atoms with Gasteiger partial charge in [-0.2, -0.15) is 0 Å². The van der Waals surface area contributed by atoms with Crippen LogP contribution in [0.2, 0.25) is 5.02 Å². The van der Waals surface area contributed by atoms with Crippen LogP contribution in [0.1, 0.15) is 31.9 Å². The molecule has 208 valence electrons. The number of benzene rings is 2. The van der Waals surface area contributed by atoms with Crippen molar-refractivity contribution in [2.45, 2.75) is 45.3 Å². The molecule has 0 aliphatic heterocycles. The quantitative estimate of drug-likeness (QED) is 0.213. The lowest BCUT2D eigenvalue weighted by Crippen LogP contribution is -2.48. The van der Waals surface area contributed by atoms with Gasteiger partial charge in [-0.1, -0.05) is 47.1 Å². The molecule has 0 spiro atoms. The number of carbonyl (C=O) groups is 2. The van der Waals surface area contributed by atoms with Crippen LogP contribution in [0.4, 0.5) is 15.5 Å². The van der Waals surface area contributed by atoms with Gasteiger partial charge < -0.3 is 19.7 Å². The third-order valence-corrected chi connectivity index (χ3v) is 6.28. The monoisotopic (exact) mass is 562 g/mol. The number of hydrogen-bond acceptors (Lipinski definition) is 6. The normalized spacial score (nSPS) is 12.1. The van der Waals surface area contributed by atoms with Crippen LogP contribution in [-0.2, 0) is 17.6 Å². The fourth-order valence-electron chi connectivity index (χ4n) is 4.31. The average Bonchev–Trinajstić information content (AvgIpc) is 3.30. The average molecular weight is 563 g/mol. The molecule has 1 atom stereocenters. The van der Waals surface area contributed by atoms with E-state index in [-0.39, 0.29) is 12.4 Å². The van der Waals surface area contributed by atoms with Crippen molar-refractivity contribution in [3.05, 3.63) is 89.7 Å². The second kappa shape index (κ2) is 12.2. The van der Waals surface area contributed by atoms with E-state index in [0.29, 0.717) is 29.1 Å². The Morgan fingerprint density at radius 2 is 1.93 bits per heavy atom. The SMILES string of the molecule is C=CCc1c(-c2ccc3cnccc3c2)noc1N(C[C@H](Cc1ccc(Cl)cc1)NC(=O)OC(C)(C)C)C(=O)O. The van der Waals surface area contributed by atoms with Crippen LogP contribution in [0.3, 0.4) is 0 Å². The predicted octanol–water partition coefficient (Wildman–Crippen LogP) is 6.89. The van der Waals surface area contributed by atoms with Crippen LogP contribution in [0.5, 0.6) is 0 Å². The van der Waals surface area contributed by atoms with E-state index in [1.165, 1.54) is 0 Å². The molecular weight excluding hydrogens is 532 g/mol. The lowest BCUT2D eigenvalue weighted by molar-refractivity contribution is 0.0504. The molecule has 2 aromatic heterocycles. The molecule has 2 amide bonds. The molecule has 4 aromatic rings. The van der Waals surface area contributed by atoms with E-state index >= 15 is 0 Å². The van der Waals surface area contributed by atoms with Crippen LogP contribution < -0.4 is 10.2 Å². The van der Waals surface area contributed by atoms with Crippen molar-refractivity contribution in [2.75, 3.05) is 11.4 Å². The molecule has 0 radical (unpaired) electrons. The van der Waals surface area contributed by atoms with Gasteiger partial charge in [0.05, 0.1) is 12.6 Å². The number of anilines is 1. The molecule has 4 rings (SSSR count). The van der Waals surface area contributed by atoms with Crippen LogP contribution >= 0.6 is 11.6 Å². The largest absolute Gasteiger partial charge is 0.465 e. The van der Waals surface area contributed by atoms with Crippen LogP contribution in [0, 0.1) is 0 Å². The fraction of sp³-hybridized carbons (Fsp3) is 0.267. The van der Waals surface area contributed by atoms with E-state index in [1.807, 2.05) is 36.4 Å². The van der Waals surface area contributed by atoms with Crippen LogP contribution in [-0.4, -0.2) is 45.6 Å². The van der Waals surface area contributed by atoms with E-state index in [9.17, 15) is 14.7 Å². The van der Waals surface area contributed by atoms with Crippen molar-refractivity contribution in [1.82, 2.24) is 15.5 Å². The van der Waals surface area contributed by atoms with Gasteiger partial charge in [0.2, 0.25) is 5.88 Å². The summed E-state index contributed by atoms with van der Waals surface area (Å²) in [7, 11) is 0. The Balaban J connectivity index is 1.69. The standard InChI is InChI=1S/C30H31ClN4O5/c1-5-6-25-26(21-9-10-22-17-32-14-13-20(22)16-21)34-40-27(25)35(29(37)38)18-24(33-28(36)39-30(2,3)4)15-19-7-11-23(31)12-8-19/h5,7-14,16-17,24H,1,6,15,18H2,2-4H3,(H,33,36)(H,37,38)/t24-/m0/s1. The molecule has 0 fully saturated rings. The summed E-state index contributed by atoms with van der Waals surface area (Å²) >= 11 is 6.04. The molecule has 0 saturated carbocycles. The zero-order valence-electron chi connectivity index (χ0n) is 22.6. The molecule has 0 aliphatic rings. The number of alkyl carbamates (subject to hydrolysis) is 1. The molecule has 0 aliphatic carbocycles. The van der Waals surface area contributed by atoms with Gasteiger partial charge in [-0.25, -0.2) is 14.5 Å². The maximum atomic E-state index is 12.7. The van der Waals surface area contributed by atoms with Gasteiger partial charge >= 0.3 is 12.2 Å². The Bertz CT molecular complexity index is 1510. The topological polar surface area (TPSA) is 118 Å². The zero-order chi connectivity index (χ0) is 28.9. The number of amides is 2. The first-order valence-electron chi connectivity index (χ1n) is 12.7. The first-order valence-corrected chi connectivity index (χ1v) is 13.1. The van der Waals surface area contributed by atoms with Crippen LogP contribution in [0.15, 0.2) is 78.1 Å². The number of ether oxygens (including phenoxy) is 1. The van der Waals surface area contributed by atoms with Gasteiger partial charge in [-0.05, 0) is 68.8 Å². The highest BCUT2D eigenvalue weighted by Gasteiger charge is 2.30. The number of aromatic nitrogens is 2. The molecule has 0 bridgehead atoms. The van der Waals surface area contributed by atoms with Gasteiger partial charge in [0.25, 0.3) is 0 Å². The van der Waals surface area contributed by atoms with Gasteiger partial charge in [0.15, 0.2) is 0 Å². The summed E-state index contributed by atoms with van der Waals surface area (Å²) in [5.41, 5.74) is 1.96. The number of carboxylic acid groups (broad SMARTS) is 1. The Morgan fingerprint density at radius 1 is 1.18 bits per heavy atom. The lowest BCUT2D eigenvalue weighted by atomic mass is 10.0. The first kappa shape index (κ1) is 28.6. The third-order valence-electron chi connectivity index (χ3n) is 6.03. The summed E-state index contributed by atoms with van der Waals surface area (Å²) in [6.07, 6.45) is 3.84. The molecule has 10 heteroatoms. The van der Waals surface area contributed by atoms with E-state index in [2.05, 4.69) is 22.0 Å². The van der Waals surface area contributed by atoms with Gasteiger partial charge in [0.1, 0.15) is 11.3 Å². The summed E-state index contributed by atoms with van der Waals surface area (Å²) < 4.78 is 11.1. The van der Waals surface area contributed by atoms with Crippen molar-refractivity contribution in [3.8, 4) is 11.3 Å². The lowest BCUT2D eigenvalue weighted by Gasteiger charge is -2.27. The number of hydrogen-bond donors (Lipinski definition) is 2. The van der Waals surface area contributed by atoms with Crippen molar-refractivity contribution in [2.24, 2.45) is 0 Å². The molecule has 2 heterocycles. The Hall–Kier alpha value is -4.37. The number of halogens is 1. The van der Waals surface area contributed by atoms with E-state index in [0.717, 1.165) is 26.8 Å². The van der Waals surface area contributed by atoms with Crippen molar-refractivity contribution < 1.29 is 24.0 Å². The van der Waals surface area contributed by atoms with Gasteiger partial charge in [-0.15, -0.1) is 6.58 Å².